The van der Waals surface area contributed by atoms with Crippen molar-refractivity contribution in [3.63, 3.8) is 0 Å². The molecule has 8 unspecified atom stereocenters. The highest BCUT2D eigenvalue weighted by Gasteiger charge is 2.59. The Labute approximate surface area is 228 Å². The van der Waals surface area contributed by atoms with Crippen molar-refractivity contribution < 1.29 is 13.6 Å². The van der Waals surface area contributed by atoms with Gasteiger partial charge in [-0.3, -0.25) is 0 Å². The molecule has 3 fully saturated rings. The number of rotatable bonds is 11. The Morgan fingerprint density at radius 1 is 0.972 bits per heavy atom. The first kappa shape index (κ1) is 29.3. The van der Waals surface area contributed by atoms with Gasteiger partial charge in [-0.25, -0.2) is 0 Å². The van der Waals surface area contributed by atoms with E-state index in [0.29, 0.717) is 24.0 Å². The van der Waals surface area contributed by atoms with Crippen molar-refractivity contribution in [3.05, 3.63) is 11.6 Å². The second-order valence-corrected chi connectivity index (χ2v) is 16.5. The molecule has 0 saturated heterocycles. The molecule has 0 aromatic rings. The first-order valence-electron chi connectivity index (χ1n) is 15.3. The van der Waals surface area contributed by atoms with Crippen LogP contribution in [0.4, 0.5) is 0 Å². The number of hydrogen-bond acceptors (Lipinski definition) is 4. The average molecular weight is 539 g/mol. The molecule has 3 nitrogen and oxygen atoms in total. The molecule has 0 spiro atoms. The van der Waals surface area contributed by atoms with Gasteiger partial charge in [-0.1, -0.05) is 65.5 Å². The molecule has 0 bridgehead atoms. The fourth-order valence-corrected chi connectivity index (χ4v) is 11.7. The number of allylic oxidation sites excluding steroid dienone is 1. The van der Waals surface area contributed by atoms with Gasteiger partial charge in [0.2, 0.25) is 0 Å². The lowest BCUT2D eigenvalue weighted by Gasteiger charge is -2.58. The molecule has 0 aliphatic heterocycles. The summed E-state index contributed by atoms with van der Waals surface area (Å²) in [5.74, 6) is 5.28. The SMILES string of the molecule is CCOP(=S)(OCC)OC1CCC2(C)C(=CCC3C2CCC2(C)C(C(C)CCCC(C)C)CCC32)C1. The smallest absolute Gasteiger partial charge is 0.309 e. The van der Waals surface area contributed by atoms with E-state index in [1.807, 2.05) is 13.8 Å². The van der Waals surface area contributed by atoms with Crippen LogP contribution in [0.3, 0.4) is 0 Å². The van der Waals surface area contributed by atoms with Crippen LogP contribution in [0.5, 0.6) is 0 Å². The summed E-state index contributed by atoms with van der Waals surface area (Å²) in [5, 5.41) is 0. The van der Waals surface area contributed by atoms with Crippen LogP contribution in [-0.2, 0) is 25.4 Å². The van der Waals surface area contributed by atoms with Crippen molar-refractivity contribution in [1.29, 1.82) is 0 Å². The zero-order valence-electron chi connectivity index (χ0n) is 24.4. The molecular weight excluding hydrogens is 483 g/mol. The second kappa shape index (κ2) is 11.8. The van der Waals surface area contributed by atoms with Gasteiger partial charge in [-0.15, -0.1) is 0 Å². The summed E-state index contributed by atoms with van der Waals surface area (Å²) in [6.45, 7) is 15.0. The molecule has 0 aromatic heterocycles. The molecule has 208 valence electrons. The summed E-state index contributed by atoms with van der Waals surface area (Å²) in [6.07, 6.45) is 17.4. The van der Waals surface area contributed by atoms with E-state index in [-0.39, 0.29) is 6.10 Å². The van der Waals surface area contributed by atoms with Crippen LogP contribution in [-0.4, -0.2) is 19.3 Å². The van der Waals surface area contributed by atoms with Crippen molar-refractivity contribution >= 4 is 18.5 Å². The van der Waals surface area contributed by atoms with Crippen LogP contribution >= 0.6 is 6.72 Å². The summed E-state index contributed by atoms with van der Waals surface area (Å²) < 4.78 is 18.0. The van der Waals surface area contributed by atoms with E-state index >= 15 is 0 Å². The first-order valence-corrected chi connectivity index (χ1v) is 17.9. The lowest BCUT2D eigenvalue weighted by molar-refractivity contribution is -0.0568. The third-order valence-electron chi connectivity index (χ3n) is 11.1. The molecule has 36 heavy (non-hydrogen) atoms. The van der Waals surface area contributed by atoms with Crippen molar-refractivity contribution in [2.75, 3.05) is 13.2 Å². The van der Waals surface area contributed by atoms with Gasteiger partial charge in [0.05, 0.1) is 19.3 Å². The van der Waals surface area contributed by atoms with Gasteiger partial charge >= 0.3 is 6.72 Å². The minimum Gasteiger partial charge on any atom is -0.309 e. The Morgan fingerprint density at radius 3 is 2.36 bits per heavy atom. The molecule has 3 saturated carbocycles. The molecule has 0 radical (unpaired) electrons. The maximum absolute atomic E-state index is 6.40. The summed E-state index contributed by atoms with van der Waals surface area (Å²) in [7, 11) is 0. The Kier molecular flexibility index (Phi) is 9.58. The summed E-state index contributed by atoms with van der Waals surface area (Å²) in [5.41, 5.74) is 2.54. The highest BCUT2D eigenvalue weighted by Crippen LogP contribution is 2.68. The molecule has 5 heteroatoms. The van der Waals surface area contributed by atoms with Crippen LogP contribution in [0.1, 0.15) is 119 Å². The van der Waals surface area contributed by atoms with Crippen molar-refractivity contribution in [3.8, 4) is 0 Å². The standard InChI is InChI=1S/C31H55O3PS/c1-8-32-35(36,33-9-2)34-25-17-19-30(6)24(21-25)13-14-26-28-16-15-27(23(5)12-10-11-22(3)4)31(28,7)20-18-29(26)30/h13,22-23,25-29H,8-12,14-21H2,1-7H3. The minimum absolute atomic E-state index is 0.140. The maximum Gasteiger partial charge on any atom is 0.327 e. The normalized spacial score (nSPS) is 39.3. The van der Waals surface area contributed by atoms with Crippen molar-refractivity contribution in [2.24, 2.45) is 46.3 Å². The molecule has 4 aliphatic carbocycles. The zero-order chi connectivity index (χ0) is 26.1. The van der Waals surface area contributed by atoms with E-state index in [1.165, 1.54) is 57.8 Å². The fraction of sp³-hybridized carbons (Fsp3) is 0.935. The highest BCUT2D eigenvalue weighted by molar-refractivity contribution is 8.07. The third kappa shape index (κ3) is 5.74. The second-order valence-electron chi connectivity index (χ2n) is 13.5. The molecular formula is C31H55O3PS. The molecule has 4 rings (SSSR count). The highest BCUT2D eigenvalue weighted by atomic mass is 32.5. The van der Waals surface area contributed by atoms with Crippen LogP contribution in [0.15, 0.2) is 11.6 Å². The monoisotopic (exact) mass is 538 g/mol. The van der Waals surface area contributed by atoms with Gasteiger partial charge < -0.3 is 13.6 Å². The van der Waals surface area contributed by atoms with Crippen LogP contribution in [0.2, 0.25) is 0 Å². The van der Waals surface area contributed by atoms with Crippen LogP contribution in [0.25, 0.3) is 0 Å². The summed E-state index contributed by atoms with van der Waals surface area (Å²) in [6, 6.07) is 0. The largest absolute Gasteiger partial charge is 0.327 e. The Balaban J connectivity index is 1.44. The molecule has 0 heterocycles. The van der Waals surface area contributed by atoms with E-state index < -0.39 is 6.72 Å². The Bertz CT molecular complexity index is 817. The van der Waals surface area contributed by atoms with E-state index in [1.54, 1.807) is 5.57 Å². The van der Waals surface area contributed by atoms with Gasteiger partial charge in [-0.2, -0.15) is 0 Å². The minimum atomic E-state index is -2.63. The summed E-state index contributed by atoms with van der Waals surface area (Å²) in [4.78, 5) is 0. The molecule has 8 atom stereocenters. The topological polar surface area (TPSA) is 27.7 Å². The van der Waals surface area contributed by atoms with Gasteiger partial charge in [0.25, 0.3) is 0 Å². The van der Waals surface area contributed by atoms with E-state index in [2.05, 4.69) is 40.7 Å². The van der Waals surface area contributed by atoms with Crippen molar-refractivity contribution in [2.45, 2.75) is 125 Å². The molecule has 0 N–H and O–H groups in total. The summed E-state index contributed by atoms with van der Waals surface area (Å²) >= 11 is 5.71. The lowest BCUT2D eigenvalue weighted by Crippen LogP contribution is -2.51. The van der Waals surface area contributed by atoms with E-state index in [4.69, 9.17) is 25.4 Å². The first-order chi connectivity index (χ1) is 17.1. The molecule has 4 aliphatic rings. The van der Waals surface area contributed by atoms with E-state index in [9.17, 15) is 0 Å². The van der Waals surface area contributed by atoms with Gasteiger partial charge in [0.15, 0.2) is 0 Å². The Morgan fingerprint density at radius 2 is 1.69 bits per heavy atom. The maximum atomic E-state index is 6.40. The molecule has 0 aromatic carbocycles. The van der Waals surface area contributed by atoms with Crippen molar-refractivity contribution in [1.82, 2.24) is 0 Å². The Hall–Kier alpha value is 0.270. The predicted molar refractivity (Wildman–Crippen MR) is 155 cm³/mol. The number of fused-ring (bicyclic) bond motifs is 5. The van der Waals surface area contributed by atoms with Gasteiger partial charge in [0.1, 0.15) is 0 Å². The average Bonchev–Trinajstić information content (AvgIpc) is 3.16. The van der Waals surface area contributed by atoms with E-state index in [0.717, 1.165) is 48.3 Å². The third-order valence-corrected chi connectivity index (χ3v) is 13.7. The lowest BCUT2D eigenvalue weighted by atomic mass is 9.47. The van der Waals surface area contributed by atoms with Crippen LogP contribution in [0, 0.1) is 46.3 Å². The van der Waals surface area contributed by atoms with Crippen LogP contribution < -0.4 is 0 Å². The number of hydrogen-bond donors (Lipinski definition) is 0. The quantitative estimate of drug-likeness (QED) is 0.193. The molecule has 0 amide bonds. The predicted octanol–water partition coefficient (Wildman–Crippen LogP) is 9.71. The fourth-order valence-electron chi connectivity index (χ4n) is 9.34. The zero-order valence-corrected chi connectivity index (χ0v) is 26.1. The van der Waals surface area contributed by atoms with Gasteiger partial charge in [-0.05, 0) is 123 Å². The van der Waals surface area contributed by atoms with Gasteiger partial charge in [0, 0.05) is 0 Å².